The summed E-state index contributed by atoms with van der Waals surface area (Å²) in [4.78, 5) is 20.6. The van der Waals surface area contributed by atoms with Gasteiger partial charge in [-0.1, -0.05) is 12.1 Å². The van der Waals surface area contributed by atoms with E-state index in [0.29, 0.717) is 22.7 Å². The van der Waals surface area contributed by atoms with Gasteiger partial charge in [0.25, 0.3) is 0 Å². The predicted molar refractivity (Wildman–Crippen MR) is 117 cm³/mol. The van der Waals surface area contributed by atoms with Gasteiger partial charge in [0, 0.05) is 18.1 Å². The van der Waals surface area contributed by atoms with Gasteiger partial charge >= 0.3 is 12.1 Å². The summed E-state index contributed by atoms with van der Waals surface area (Å²) in [5.74, 6) is -0.236. The molecule has 0 spiro atoms. The summed E-state index contributed by atoms with van der Waals surface area (Å²) in [5.41, 5.74) is 1.44. The van der Waals surface area contributed by atoms with E-state index in [-0.39, 0.29) is 13.0 Å². The highest BCUT2D eigenvalue weighted by atomic mass is 32.1. The quantitative estimate of drug-likeness (QED) is 0.335. The summed E-state index contributed by atoms with van der Waals surface area (Å²) in [6.07, 6.45) is -3.95. The van der Waals surface area contributed by atoms with E-state index in [0.717, 1.165) is 37.9 Å². The molecule has 0 saturated carbocycles. The number of carbonyl (C=O) groups is 1. The minimum atomic E-state index is -4.37. The van der Waals surface area contributed by atoms with Gasteiger partial charge in [0.15, 0.2) is 0 Å². The lowest BCUT2D eigenvalue weighted by molar-refractivity contribution is -0.138. The fourth-order valence-corrected chi connectivity index (χ4v) is 4.93. The standard InChI is InChI=1S/C22H17F3N2O3S2/c1-12-18(32-21(26-12)13-2-4-14(5-3-13)22(23,24)25)11-30-15-6-7-17-16(10-15)27-19(31-17)8-9-20(28)29/h2-7,10H,8-9,11H2,1H3,(H,28,29). The molecule has 0 atom stereocenters. The van der Waals surface area contributed by atoms with Gasteiger partial charge in [-0.05, 0) is 31.2 Å². The number of thiazole rings is 2. The number of ether oxygens (including phenoxy) is 1. The molecule has 2 aromatic heterocycles. The second-order valence-corrected chi connectivity index (χ2v) is 9.22. The van der Waals surface area contributed by atoms with Crippen LogP contribution in [0.15, 0.2) is 42.5 Å². The Balaban J connectivity index is 1.45. The molecule has 0 saturated heterocycles. The van der Waals surface area contributed by atoms with Crippen LogP contribution >= 0.6 is 22.7 Å². The molecule has 10 heteroatoms. The number of aliphatic carboxylic acids is 1. The lowest BCUT2D eigenvalue weighted by atomic mass is 10.1. The molecule has 2 heterocycles. The summed E-state index contributed by atoms with van der Waals surface area (Å²) in [6, 6.07) is 10.5. The number of fused-ring (bicyclic) bond motifs is 1. The van der Waals surface area contributed by atoms with Crippen LogP contribution in [0.1, 0.15) is 27.6 Å². The number of nitrogens with zero attached hydrogens (tertiary/aromatic N) is 2. The molecule has 0 unspecified atom stereocenters. The highest BCUT2D eigenvalue weighted by Crippen LogP contribution is 2.33. The SMILES string of the molecule is Cc1nc(-c2ccc(C(F)(F)F)cc2)sc1COc1ccc2sc(CCC(=O)O)nc2c1. The van der Waals surface area contributed by atoms with E-state index in [2.05, 4.69) is 9.97 Å². The molecule has 0 amide bonds. The number of benzene rings is 2. The van der Waals surface area contributed by atoms with Crippen LogP contribution in [0.4, 0.5) is 13.2 Å². The first-order valence-corrected chi connectivity index (χ1v) is 11.2. The number of aryl methyl sites for hydroxylation is 2. The van der Waals surface area contributed by atoms with Crippen LogP contribution in [-0.2, 0) is 24.0 Å². The second kappa shape index (κ2) is 8.87. The number of halogens is 3. The lowest BCUT2D eigenvalue weighted by Crippen LogP contribution is -2.03. The van der Waals surface area contributed by atoms with Gasteiger partial charge in [-0.15, -0.1) is 22.7 Å². The summed E-state index contributed by atoms with van der Waals surface area (Å²) < 4.78 is 45.1. The van der Waals surface area contributed by atoms with Gasteiger partial charge < -0.3 is 9.84 Å². The minimum absolute atomic E-state index is 0.0368. The van der Waals surface area contributed by atoms with Crippen molar-refractivity contribution in [2.24, 2.45) is 0 Å². The van der Waals surface area contributed by atoms with Crippen molar-refractivity contribution < 1.29 is 27.8 Å². The van der Waals surface area contributed by atoms with Crippen LogP contribution in [0, 0.1) is 6.92 Å². The van der Waals surface area contributed by atoms with E-state index < -0.39 is 17.7 Å². The van der Waals surface area contributed by atoms with Gasteiger partial charge in [-0.25, -0.2) is 9.97 Å². The molecule has 0 radical (unpaired) electrons. The third-order valence-electron chi connectivity index (χ3n) is 4.68. The zero-order valence-corrected chi connectivity index (χ0v) is 18.4. The van der Waals surface area contributed by atoms with E-state index in [1.165, 1.54) is 34.8 Å². The monoisotopic (exact) mass is 478 g/mol. The first-order chi connectivity index (χ1) is 15.2. The van der Waals surface area contributed by atoms with Crippen LogP contribution in [0.3, 0.4) is 0 Å². The number of rotatable bonds is 7. The molecule has 1 N–H and O–H groups in total. The van der Waals surface area contributed by atoms with E-state index in [1.807, 2.05) is 25.1 Å². The zero-order valence-electron chi connectivity index (χ0n) is 16.8. The predicted octanol–water partition coefficient (Wildman–Crippen LogP) is 6.34. The average molecular weight is 479 g/mol. The van der Waals surface area contributed by atoms with Crippen molar-refractivity contribution >= 4 is 38.9 Å². The number of aromatic nitrogens is 2. The normalized spacial score (nSPS) is 11.8. The van der Waals surface area contributed by atoms with Crippen molar-refractivity contribution in [1.29, 1.82) is 0 Å². The van der Waals surface area contributed by atoms with Crippen LogP contribution in [-0.4, -0.2) is 21.0 Å². The maximum atomic E-state index is 12.8. The van der Waals surface area contributed by atoms with Crippen LogP contribution in [0.25, 0.3) is 20.8 Å². The largest absolute Gasteiger partial charge is 0.488 e. The summed E-state index contributed by atoms with van der Waals surface area (Å²) in [5, 5.41) is 10.2. The lowest BCUT2D eigenvalue weighted by Gasteiger charge is -2.06. The Kier molecular flexibility index (Phi) is 6.16. The molecule has 5 nitrogen and oxygen atoms in total. The van der Waals surface area contributed by atoms with Gasteiger partial charge in [0.05, 0.1) is 37.8 Å². The van der Waals surface area contributed by atoms with Crippen molar-refractivity contribution in [2.75, 3.05) is 0 Å². The average Bonchev–Trinajstić information content (AvgIpc) is 3.32. The molecule has 0 aliphatic rings. The second-order valence-electron chi connectivity index (χ2n) is 7.02. The number of carboxylic acid groups (broad SMARTS) is 1. The fraction of sp³-hybridized carbons (Fsp3) is 0.227. The van der Waals surface area contributed by atoms with E-state index in [1.54, 1.807) is 0 Å². The van der Waals surface area contributed by atoms with E-state index in [9.17, 15) is 18.0 Å². The molecule has 32 heavy (non-hydrogen) atoms. The molecule has 4 rings (SSSR count). The molecular formula is C22H17F3N2O3S2. The zero-order chi connectivity index (χ0) is 22.9. The van der Waals surface area contributed by atoms with Crippen molar-refractivity contribution in [2.45, 2.75) is 32.5 Å². The van der Waals surface area contributed by atoms with Crippen molar-refractivity contribution in [3.63, 3.8) is 0 Å². The Morgan fingerprint density at radius 3 is 2.53 bits per heavy atom. The Hall–Kier alpha value is -2.98. The van der Waals surface area contributed by atoms with Gasteiger partial charge in [-0.3, -0.25) is 4.79 Å². The molecule has 4 aromatic rings. The number of alkyl halides is 3. The minimum Gasteiger partial charge on any atom is -0.488 e. The summed E-state index contributed by atoms with van der Waals surface area (Å²) >= 11 is 2.84. The Morgan fingerprint density at radius 2 is 1.84 bits per heavy atom. The summed E-state index contributed by atoms with van der Waals surface area (Å²) in [6.45, 7) is 2.10. The van der Waals surface area contributed by atoms with Crippen LogP contribution in [0.2, 0.25) is 0 Å². The highest BCUT2D eigenvalue weighted by Gasteiger charge is 2.30. The molecule has 0 bridgehead atoms. The van der Waals surface area contributed by atoms with Crippen molar-refractivity contribution in [3.05, 3.63) is 63.6 Å². The first-order valence-electron chi connectivity index (χ1n) is 9.57. The smallest absolute Gasteiger partial charge is 0.416 e. The topological polar surface area (TPSA) is 72.3 Å². The summed E-state index contributed by atoms with van der Waals surface area (Å²) in [7, 11) is 0. The Bertz CT molecular complexity index is 1260. The van der Waals surface area contributed by atoms with Crippen LogP contribution < -0.4 is 4.74 Å². The molecule has 166 valence electrons. The number of carboxylic acids is 1. The molecule has 0 fully saturated rings. The van der Waals surface area contributed by atoms with E-state index in [4.69, 9.17) is 9.84 Å². The molecule has 0 aliphatic heterocycles. The number of hydrogen-bond acceptors (Lipinski definition) is 6. The van der Waals surface area contributed by atoms with Gasteiger partial charge in [-0.2, -0.15) is 13.2 Å². The molecular weight excluding hydrogens is 461 g/mol. The Labute approximate surface area is 189 Å². The third kappa shape index (κ3) is 5.08. The van der Waals surface area contributed by atoms with Crippen molar-refractivity contribution in [3.8, 4) is 16.3 Å². The maximum Gasteiger partial charge on any atom is 0.416 e. The highest BCUT2D eigenvalue weighted by molar-refractivity contribution is 7.18. The molecule has 0 aliphatic carbocycles. The maximum absolute atomic E-state index is 12.8. The third-order valence-corrected chi connectivity index (χ3v) is 6.95. The van der Waals surface area contributed by atoms with Gasteiger partial charge in [0.2, 0.25) is 0 Å². The fourth-order valence-electron chi connectivity index (χ4n) is 3.00. The Morgan fingerprint density at radius 1 is 1.09 bits per heavy atom. The van der Waals surface area contributed by atoms with E-state index >= 15 is 0 Å². The molecule has 2 aromatic carbocycles. The van der Waals surface area contributed by atoms with Crippen LogP contribution in [0.5, 0.6) is 5.75 Å². The van der Waals surface area contributed by atoms with Gasteiger partial charge in [0.1, 0.15) is 17.4 Å². The number of hydrogen-bond donors (Lipinski definition) is 1. The van der Waals surface area contributed by atoms with Crippen molar-refractivity contribution in [1.82, 2.24) is 9.97 Å². The first kappa shape index (κ1) is 22.2.